The standard InChI is InChI=1S/C22H25N3O2/c1-16(2)21(26)23-12-13-24-22(27)19-15-25(14-17-8-4-3-5-9-17)20-11-7-6-10-18(19)20/h3-11,15-16H,12-14H2,1-2H3,(H,23,26)(H,24,27). The third kappa shape index (κ3) is 4.56. The molecule has 0 atom stereocenters. The first-order valence-electron chi connectivity index (χ1n) is 9.24. The Labute approximate surface area is 159 Å². The predicted molar refractivity (Wildman–Crippen MR) is 108 cm³/mol. The molecule has 0 saturated carbocycles. The summed E-state index contributed by atoms with van der Waals surface area (Å²) >= 11 is 0. The minimum atomic E-state index is -0.128. The van der Waals surface area contributed by atoms with Crippen molar-refractivity contribution in [1.82, 2.24) is 15.2 Å². The second kappa shape index (κ2) is 8.54. The average molecular weight is 363 g/mol. The second-order valence-electron chi connectivity index (χ2n) is 6.88. The Bertz CT molecular complexity index is 929. The Morgan fingerprint density at radius 1 is 0.926 bits per heavy atom. The van der Waals surface area contributed by atoms with Crippen molar-refractivity contribution in [2.75, 3.05) is 13.1 Å². The summed E-state index contributed by atoms with van der Waals surface area (Å²) in [5, 5.41) is 6.63. The van der Waals surface area contributed by atoms with Crippen LogP contribution in [0, 0.1) is 5.92 Å². The van der Waals surface area contributed by atoms with E-state index >= 15 is 0 Å². The molecule has 1 heterocycles. The fourth-order valence-electron chi connectivity index (χ4n) is 3.00. The summed E-state index contributed by atoms with van der Waals surface area (Å²) in [5.74, 6) is -0.197. The molecule has 0 aliphatic heterocycles. The van der Waals surface area contributed by atoms with Gasteiger partial charge in [0.05, 0.1) is 5.56 Å². The van der Waals surface area contributed by atoms with Crippen molar-refractivity contribution in [3.8, 4) is 0 Å². The van der Waals surface area contributed by atoms with Gasteiger partial charge < -0.3 is 15.2 Å². The summed E-state index contributed by atoms with van der Waals surface area (Å²) < 4.78 is 2.10. The summed E-state index contributed by atoms with van der Waals surface area (Å²) in [4.78, 5) is 24.2. The molecule has 2 N–H and O–H groups in total. The van der Waals surface area contributed by atoms with Crippen molar-refractivity contribution < 1.29 is 9.59 Å². The molecule has 0 aliphatic carbocycles. The van der Waals surface area contributed by atoms with Crippen LogP contribution in [0.3, 0.4) is 0 Å². The molecule has 5 nitrogen and oxygen atoms in total. The zero-order valence-corrected chi connectivity index (χ0v) is 15.7. The van der Waals surface area contributed by atoms with Crippen LogP contribution in [0.5, 0.6) is 0 Å². The van der Waals surface area contributed by atoms with E-state index in [9.17, 15) is 9.59 Å². The number of nitrogens with zero attached hydrogens (tertiary/aromatic N) is 1. The summed E-state index contributed by atoms with van der Waals surface area (Å²) in [6.07, 6.45) is 1.90. The van der Waals surface area contributed by atoms with Gasteiger partial charge in [0.1, 0.15) is 0 Å². The normalized spacial score (nSPS) is 10.9. The zero-order valence-electron chi connectivity index (χ0n) is 15.7. The molecule has 0 aliphatic rings. The first-order valence-corrected chi connectivity index (χ1v) is 9.24. The van der Waals surface area contributed by atoms with E-state index in [1.54, 1.807) is 0 Å². The number of aromatic nitrogens is 1. The van der Waals surface area contributed by atoms with Crippen molar-refractivity contribution in [1.29, 1.82) is 0 Å². The van der Waals surface area contributed by atoms with Crippen LogP contribution in [0.1, 0.15) is 29.8 Å². The van der Waals surface area contributed by atoms with Gasteiger partial charge in [-0.2, -0.15) is 0 Å². The van der Waals surface area contributed by atoms with Gasteiger partial charge in [0.2, 0.25) is 5.91 Å². The maximum atomic E-state index is 12.7. The van der Waals surface area contributed by atoms with Crippen molar-refractivity contribution in [2.45, 2.75) is 20.4 Å². The molecule has 1 aromatic heterocycles. The van der Waals surface area contributed by atoms with E-state index < -0.39 is 0 Å². The van der Waals surface area contributed by atoms with Gasteiger partial charge >= 0.3 is 0 Å². The van der Waals surface area contributed by atoms with Crippen LogP contribution in [0.15, 0.2) is 60.8 Å². The molecule has 2 aromatic carbocycles. The zero-order chi connectivity index (χ0) is 19.2. The Morgan fingerprint density at radius 2 is 1.59 bits per heavy atom. The number of rotatable bonds is 7. The number of para-hydroxylation sites is 1. The molecule has 140 valence electrons. The van der Waals surface area contributed by atoms with Gasteiger partial charge in [-0.3, -0.25) is 9.59 Å². The lowest BCUT2D eigenvalue weighted by Gasteiger charge is -2.08. The lowest BCUT2D eigenvalue weighted by atomic mass is 10.1. The molecule has 0 spiro atoms. The van der Waals surface area contributed by atoms with Crippen molar-refractivity contribution in [2.24, 2.45) is 5.92 Å². The van der Waals surface area contributed by atoms with Crippen molar-refractivity contribution >= 4 is 22.7 Å². The highest BCUT2D eigenvalue weighted by molar-refractivity contribution is 6.07. The molecule has 27 heavy (non-hydrogen) atoms. The molecule has 3 rings (SSSR count). The lowest BCUT2D eigenvalue weighted by molar-refractivity contribution is -0.123. The molecule has 2 amide bonds. The molecule has 0 radical (unpaired) electrons. The fraction of sp³-hybridized carbons (Fsp3) is 0.273. The van der Waals surface area contributed by atoms with Gasteiger partial charge in [-0.15, -0.1) is 0 Å². The SMILES string of the molecule is CC(C)C(=O)NCCNC(=O)c1cn(Cc2ccccc2)c2ccccc12. The first kappa shape index (κ1) is 18.7. The molecule has 5 heteroatoms. The van der Waals surface area contributed by atoms with Crippen LogP contribution < -0.4 is 10.6 Å². The maximum absolute atomic E-state index is 12.7. The van der Waals surface area contributed by atoms with Crippen LogP contribution in [0.2, 0.25) is 0 Å². The van der Waals surface area contributed by atoms with E-state index in [0.29, 0.717) is 25.2 Å². The van der Waals surface area contributed by atoms with E-state index in [1.165, 1.54) is 5.56 Å². The highest BCUT2D eigenvalue weighted by Crippen LogP contribution is 2.22. The summed E-state index contributed by atoms with van der Waals surface area (Å²) in [6.45, 7) is 5.21. The predicted octanol–water partition coefficient (Wildman–Crippen LogP) is 3.19. The number of hydrogen-bond donors (Lipinski definition) is 2. The molecular weight excluding hydrogens is 338 g/mol. The fourth-order valence-corrected chi connectivity index (χ4v) is 3.00. The number of nitrogens with one attached hydrogen (secondary N) is 2. The van der Waals surface area contributed by atoms with Crippen molar-refractivity contribution in [3.05, 3.63) is 71.9 Å². The lowest BCUT2D eigenvalue weighted by Crippen LogP contribution is -2.36. The Hall–Kier alpha value is -3.08. The van der Waals surface area contributed by atoms with E-state index in [4.69, 9.17) is 0 Å². The number of carbonyl (C=O) groups is 2. The van der Waals surface area contributed by atoms with Gasteiger partial charge in [-0.05, 0) is 11.6 Å². The van der Waals surface area contributed by atoms with Crippen LogP contribution in [0.4, 0.5) is 0 Å². The number of fused-ring (bicyclic) bond motifs is 1. The minimum absolute atomic E-state index is 0.0105. The number of hydrogen-bond acceptors (Lipinski definition) is 2. The van der Waals surface area contributed by atoms with Gasteiger partial charge in [-0.1, -0.05) is 62.4 Å². The maximum Gasteiger partial charge on any atom is 0.253 e. The topological polar surface area (TPSA) is 63.1 Å². The summed E-state index contributed by atoms with van der Waals surface area (Å²) in [6, 6.07) is 18.1. The van der Waals surface area contributed by atoms with Gasteiger partial charge in [-0.25, -0.2) is 0 Å². The Morgan fingerprint density at radius 3 is 2.33 bits per heavy atom. The van der Waals surface area contributed by atoms with Crippen LogP contribution in [0.25, 0.3) is 10.9 Å². The molecule has 3 aromatic rings. The van der Waals surface area contributed by atoms with Gasteiger partial charge in [0.15, 0.2) is 0 Å². The van der Waals surface area contributed by atoms with Crippen LogP contribution in [-0.4, -0.2) is 29.5 Å². The van der Waals surface area contributed by atoms with Gasteiger partial charge in [0, 0.05) is 42.7 Å². The van der Waals surface area contributed by atoms with Crippen LogP contribution in [-0.2, 0) is 11.3 Å². The smallest absolute Gasteiger partial charge is 0.253 e. The average Bonchev–Trinajstić information content (AvgIpc) is 3.04. The van der Waals surface area contributed by atoms with E-state index in [1.807, 2.05) is 62.5 Å². The number of amides is 2. The van der Waals surface area contributed by atoms with E-state index in [2.05, 4.69) is 27.3 Å². The number of carbonyl (C=O) groups excluding carboxylic acids is 2. The molecule has 0 bridgehead atoms. The quantitative estimate of drug-likeness (QED) is 0.633. The molecule has 0 fully saturated rings. The van der Waals surface area contributed by atoms with E-state index in [-0.39, 0.29) is 17.7 Å². The first-order chi connectivity index (χ1) is 13.1. The molecule has 0 unspecified atom stereocenters. The van der Waals surface area contributed by atoms with Gasteiger partial charge in [0.25, 0.3) is 5.91 Å². The second-order valence-corrected chi connectivity index (χ2v) is 6.88. The Kier molecular flexibility index (Phi) is 5.91. The van der Waals surface area contributed by atoms with E-state index in [0.717, 1.165) is 10.9 Å². The van der Waals surface area contributed by atoms with Crippen LogP contribution >= 0.6 is 0 Å². The number of benzene rings is 2. The molecule has 0 saturated heterocycles. The Balaban J connectivity index is 1.72. The minimum Gasteiger partial charge on any atom is -0.354 e. The monoisotopic (exact) mass is 363 g/mol. The van der Waals surface area contributed by atoms with Crippen molar-refractivity contribution in [3.63, 3.8) is 0 Å². The third-order valence-electron chi connectivity index (χ3n) is 4.46. The summed E-state index contributed by atoms with van der Waals surface area (Å²) in [7, 11) is 0. The highest BCUT2D eigenvalue weighted by atomic mass is 16.2. The molecular formula is C22H25N3O2. The highest BCUT2D eigenvalue weighted by Gasteiger charge is 2.15. The largest absolute Gasteiger partial charge is 0.354 e. The third-order valence-corrected chi connectivity index (χ3v) is 4.46. The summed E-state index contributed by atoms with van der Waals surface area (Å²) in [5.41, 5.74) is 2.86.